The molecule has 1 saturated heterocycles. The Morgan fingerprint density at radius 1 is 1.33 bits per heavy atom. The van der Waals surface area contributed by atoms with E-state index in [1.54, 1.807) is 11.3 Å². The molecule has 1 aliphatic heterocycles. The van der Waals surface area contributed by atoms with Gasteiger partial charge in [0.1, 0.15) is 0 Å². The van der Waals surface area contributed by atoms with Crippen molar-refractivity contribution in [1.29, 1.82) is 0 Å². The number of nitrogens with zero attached hydrogens (tertiary/aromatic N) is 2. The minimum Gasteiger partial charge on any atom is -0.466 e. The first-order valence-electron chi connectivity index (χ1n) is 7.38. The number of carbonyl (C=O) groups is 2. The van der Waals surface area contributed by atoms with Crippen LogP contribution in [0.2, 0.25) is 0 Å². The highest BCUT2D eigenvalue weighted by Gasteiger charge is 2.28. The number of hydrogen-bond acceptors (Lipinski definition) is 5. The third-order valence-electron chi connectivity index (χ3n) is 3.78. The molecule has 2 heterocycles. The van der Waals surface area contributed by atoms with Crippen LogP contribution in [-0.2, 0) is 20.7 Å². The molecule has 1 aliphatic rings. The molecular formula is C15H22N2O3S. The van der Waals surface area contributed by atoms with Crippen molar-refractivity contribution in [3.8, 4) is 0 Å². The molecule has 116 valence electrons. The Morgan fingerprint density at radius 2 is 2.00 bits per heavy atom. The van der Waals surface area contributed by atoms with Crippen LogP contribution in [-0.4, -0.2) is 41.5 Å². The zero-order valence-electron chi connectivity index (χ0n) is 12.8. The Labute approximate surface area is 129 Å². The number of thiazole rings is 1. The lowest BCUT2D eigenvalue weighted by atomic mass is 9.97. The minimum absolute atomic E-state index is 0.0543. The van der Waals surface area contributed by atoms with Gasteiger partial charge in [-0.3, -0.25) is 9.59 Å². The quantitative estimate of drug-likeness (QED) is 0.799. The first-order chi connectivity index (χ1) is 10.0. The maximum absolute atomic E-state index is 12.3. The number of esters is 1. The molecule has 0 unspecified atom stereocenters. The van der Waals surface area contributed by atoms with Gasteiger partial charge < -0.3 is 9.64 Å². The monoisotopic (exact) mass is 310 g/mol. The van der Waals surface area contributed by atoms with E-state index in [0.29, 0.717) is 39.0 Å². The minimum atomic E-state index is -0.126. The van der Waals surface area contributed by atoms with Crippen LogP contribution in [0.1, 0.15) is 35.3 Å². The summed E-state index contributed by atoms with van der Waals surface area (Å²) in [6, 6.07) is 0. The fourth-order valence-corrected chi connectivity index (χ4v) is 3.54. The molecule has 0 N–H and O–H groups in total. The van der Waals surface area contributed by atoms with E-state index in [9.17, 15) is 9.59 Å². The predicted molar refractivity (Wildman–Crippen MR) is 81.2 cm³/mol. The van der Waals surface area contributed by atoms with Gasteiger partial charge in [0.2, 0.25) is 5.91 Å². The Bertz CT molecular complexity index is 519. The summed E-state index contributed by atoms with van der Waals surface area (Å²) in [5.74, 6) is -0.0519. The fraction of sp³-hybridized carbons (Fsp3) is 0.667. The average Bonchev–Trinajstić information content (AvgIpc) is 2.77. The third kappa shape index (κ3) is 4.03. The van der Waals surface area contributed by atoms with Gasteiger partial charge in [0.15, 0.2) is 0 Å². The molecule has 0 radical (unpaired) electrons. The normalized spacial score (nSPS) is 16.0. The molecule has 0 spiro atoms. The lowest BCUT2D eigenvalue weighted by Crippen LogP contribution is -2.41. The van der Waals surface area contributed by atoms with E-state index < -0.39 is 0 Å². The van der Waals surface area contributed by atoms with E-state index in [2.05, 4.69) is 4.98 Å². The second-order valence-electron chi connectivity index (χ2n) is 5.33. The van der Waals surface area contributed by atoms with Gasteiger partial charge in [-0.05, 0) is 33.6 Å². The molecule has 1 fully saturated rings. The van der Waals surface area contributed by atoms with Crippen molar-refractivity contribution in [3.63, 3.8) is 0 Å². The van der Waals surface area contributed by atoms with Crippen LogP contribution in [0.3, 0.4) is 0 Å². The van der Waals surface area contributed by atoms with Gasteiger partial charge in [-0.15, -0.1) is 11.3 Å². The standard InChI is InChI=1S/C15H22N2O3S/c1-4-20-15(19)12-5-7-17(8-6-12)14(18)9-13-10(2)16-11(3)21-13/h12H,4-9H2,1-3H3. The highest BCUT2D eigenvalue weighted by molar-refractivity contribution is 7.11. The Hall–Kier alpha value is -1.43. The lowest BCUT2D eigenvalue weighted by Gasteiger charge is -2.30. The van der Waals surface area contributed by atoms with Crippen LogP contribution < -0.4 is 0 Å². The predicted octanol–water partition coefficient (Wildman–Crippen LogP) is 2.10. The highest BCUT2D eigenvalue weighted by atomic mass is 32.1. The van der Waals surface area contributed by atoms with Gasteiger partial charge >= 0.3 is 5.97 Å². The number of carbonyl (C=O) groups excluding carboxylic acids is 2. The summed E-state index contributed by atoms with van der Waals surface area (Å²) in [4.78, 5) is 31.2. The maximum Gasteiger partial charge on any atom is 0.309 e. The summed E-state index contributed by atoms with van der Waals surface area (Å²) in [6.45, 7) is 7.41. The van der Waals surface area contributed by atoms with Crippen LogP contribution in [0.5, 0.6) is 0 Å². The molecule has 0 atom stereocenters. The molecule has 21 heavy (non-hydrogen) atoms. The highest BCUT2D eigenvalue weighted by Crippen LogP contribution is 2.22. The van der Waals surface area contributed by atoms with Crippen molar-refractivity contribution < 1.29 is 14.3 Å². The van der Waals surface area contributed by atoms with E-state index in [-0.39, 0.29) is 17.8 Å². The summed E-state index contributed by atoms with van der Waals surface area (Å²) < 4.78 is 5.04. The topological polar surface area (TPSA) is 59.5 Å². The summed E-state index contributed by atoms with van der Waals surface area (Å²) in [7, 11) is 0. The van der Waals surface area contributed by atoms with E-state index in [0.717, 1.165) is 15.6 Å². The smallest absolute Gasteiger partial charge is 0.309 e. The Balaban J connectivity index is 1.86. The summed E-state index contributed by atoms with van der Waals surface area (Å²) in [6.07, 6.45) is 1.82. The largest absolute Gasteiger partial charge is 0.466 e. The van der Waals surface area contributed by atoms with E-state index in [1.807, 2.05) is 25.7 Å². The van der Waals surface area contributed by atoms with Crippen molar-refractivity contribution in [2.45, 2.75) is 40.0 Å². The number of aryl methyl sites for hydroxylation is 2. The average molecular weight is 310 g/mol. The summed E-state index contributed by atoms with van der Waals surface area (Å²) in [5, 5.41) is 0.997. The molecule has 0 aromatic carbocycles. The molecular weight excluding hydrogens is 288 g/mol. The van der Waals surface area contributed by atoms with Gasteiger partial charge in [0, 0.05) is 18.0 Å². The van der Waals surface area contributed by atoms with Crippen LogP contribution in [0.4, 0.5) is 0 Å². The van der Waals surface area contributed by atoms with Gasteiger partial charge in [-0.25, -0.2) is 4.98 Å². The summed E-state index contributed by atoms with van der Waals surface area (Å²) in [5.41, 5.74) is 0.951. The van der Waals surface area contributed by atoms with Crippen LogP contribution in [0.15, 0.2) is 0 Å². The molecule has 5 nitrogen and oxygen atoms in total. The second-order valence-corrected chi connectivity index (χ2v) is 6.61. The van der Waals surface area contributed by atoms with Gasteiger partial charge in [-0.1, -0.05) is 0 Å². The van der Waals surface area contributed by atoms with Gasteiger partial charge in [0.25, 0.3) is 0 Å². The van der Waals surface area contributed by atoms with Gasteiger partial charge in [-0.2, -0.15) is 0 Å². The number of rotatable bonds is 4. The molecule has 6 heteroatoms. The lowest BCUT2D eigenvalue weighted by molar-refractivity contribution is -0.151. The first-order valence-corrected chi connectivity index (χ1v) is 8.20. The van der Waals surface area contributed by atoms with E-state index in [4.69, 9.17) is 4.74 Å². The first kappa shape index (κ1) is 15.9. The Kier molecular flexibility index (Phi) is 5.33. The van der Waals surface area contributed by atoms with Crippen LogP contribution >= 0.6 is 11.3 Å². The SMILES string of the molecule is CCOC(=O)C1CCN(C(=O)Cc2sc(C)nc2C)CC1. The maximum atomic E-state index is 12.3. The van der Waals surface area contributed by atoms with E-state index >= 15 is 0 Å². The second kappa shape index (κ2) is 7.02. The number of hydrogen-bond donors (Lipinski definition) is 0. The van der Waals surface area contributed by atoms with Crippen LogP contribution in [0.25, 0.3) is 0 Å². The molecule has 1 aromatic heterocycles. The molecule has 0 saturated carbocycles. The zero-order chi connectivity index (χ0) is 15.4. The van der Waals surface area contributed by atoms with Crippen LogP contribution in [0, 0.1) is 19.8 Å². The van der Waals surface area contributed by atoms with Crippen molar-refractivity contribution in [2.75, 3.05) is 19.7 Å². The molecule has 0 bridgehead atoms. The van der Waals surface area contributed by atoms with E-state index in [1.165, 1.54) is 0 Å². The van der Waals surface area contributed by atoms with Gasteiger partial charge in [0.05, 0.1) is 29.6 Å². The molecule has 1 amide bonds. The fourth-order valence-electron chi connectivity index (χ4n) is 2.61. The zero-order valence-corrected chi connectivity index (χ0v) is 13.7. The summed E-state index contributed by atoms with van der Waals surface area (Å²) >= 11 is 1.59. The third-order valence-corrected chi connectivity index (χ3v) is 4.85. The number of likely N-dealkylation sites (tertiary alicyclic amines) is 1. The molecule has 0 aliphatic carbocycles. The number of piperidine rings is 1. The van der Waals surface area contributed by atoms with Crippen molar-refractivity contribution in [3.05, 3.63) is 15.6 Å². The van der Waals surface area contributed by atoms with Crippen molar-refractivity contribution in [1.82, 2.24) is 9.88 Å². The number of aromatic nitrogens is 1. The van der Waals surface area contributed by atoms with Crippen molar-refractivity contribution >= 4 is 23.2 Å². The molecule has 2 rings (SSSR count). The van der Waals surface area contributed by atoms with Crippen molar-refractivity contribution in [2.24, 2.45) is 5.92 Å². The molecule has 1 aromatic rings. The number of ether oxygens (including phenoxy) is 1. The number of amides is 1. The Morgan fingerprint density at radius 3 is 2.52 bits per heavy atom.